The molecule has 1 aromatic carbocycles. The molecule has 4 N–H and O–H groups in total. The lowest BCUT2D eigenvalue weighted by Gasteiger charge is -2.15. The Hall–Kier alpha value is -2.37. The molecule has 27 heavy (non-hydrogen) atoms. The Morgan fingerprint density at radius 3 is 2.56 bits per heavy atom. The maximum absolute atomic E-state index is 12.5. The molecule has 2 aromatic rings. The number of nitrogens with zero attached hydrogens (tertiary/aromatic N) is 1. The first-order chi connectivity index (χ1) is 12.5. The zero-order chi connectivity index (χ0) is 20.4. The van der Waals surface area contributed by atoms with Crippen molar-refractivity contribution in [1.29, 1.82) is 5.41 Å². The first-order valence-electron chi connectivity index (χ1n) is 7.15. The van der Waals surface area contributed by atoms with Gasteiger partial charge in [0.1, 0.15) is 11.2 Å². The third kappa shape index (κ3) is 5.81. The smallest absolute Gasteiger partial charge is 0.406 e. The maximum atomic E-state index is 12.5. The minimum absolute atomic E-state index is 0.0785. The molecule has 146 valence electrons. The lowest BCUT2D eigenvalue weighted by molar-refractivity contribution is -0.274. The molecule has 0 bridgehead atoms. The lowest BCUT2D eigenvalue weighted by atomic mass is 10.1. The van der Waals surface area contributed by atoms with Gasteiger partial charge in [0.05, 0.1) is 16.3 Å². The Bertz CT molecular complexity index is 962. The zero-order valence-electron chi connectivity index (χ0n) is 13.4. The topological polar surface area (TPSA) is 118 Å². The van der Waals surface area contributed by atoms with Gasteiger partial charge in [0.15, 0.2) is 11.1 Å². The number of nitrogens with two attached hydrogens (primary N) is 1. The molecule has 0 saturated carbocycles. The summed E-state index contributed by atoms with van der Waals surface area (Å²) >= 11 is 3.65. The van der Waals surface area contributed by atoms with E-state index in [0.29, 0.717) is 0 Å². The fraction of sp³-hybridized carbons (Fsp3) is 0.200. The summed E-state index contributed by atoms with van der Waals surface area (Å²) in [5, 5.41) is 8.09. The van der Waals surface area contributed by atoms with E-state index >= 15 is 0 Å². The Morgan fingerprint density at radius 2 is 2.00 bits per heavy atom. The number of benzene rings is 1. The van der Waals surface area contributed by atoms with Gasteiger partial charge in [-0.25, -0.2) is 4.21 Å². The Kier molecular flexibility index (Phi) is 6.29. The molecule has 0 spiro atoms. The molecule has 0 saturated heterocycles. The van der Waals surface area contributed by atoms with E-state index in [0.717, 1.165) is 12.1 Å². The number of aromatic nitrogens is 1. The molecule has 2 rings (SSSR count). The molecular formula is C15H13ClF3N3O4S. The number of pyridine rings is 1. The average molecular weight is 424 g/mol. The fourth-order valence-electron chi connectivity index (χ4n) is 2.33. The van der Waals surface area contributed by atoms with Crippen molar-refractivity contribution in [2.24, 2.45) is 5.73 Å². The quantitative estimate of drug-likeness (QED) is 0.618. The van der Waals surface area contributed by atoms with Crippen LogP contribution in [0.5, 0.6) is 5.75 Å². The summed E-state index contributed by atoms with van der Waals surface area (Å²) in [5.41, 5.74) is 5.13. The van der Waals surface area contributed by atoms with Crippen LogP contribution in [0, 0.1) is 5.41 Å². The molecular weight excluding hydrogens is 411 g/mol. The standard InChI is InChI=1S/C15H13ClF3N3O4S/c16-10-4-12(14(21)23)13(20)22(6-10)5-9-3-11(26-15(17,18)19)2-1-8(9)7-27(24)25/h1-4,6,20H,5,7H2,(H2,21,23)(H,24,25). The van der Waals surface area contributed by atoms with Gasteiger partial charge in [-0.3, -0.25) is 10.2 Å². The summed E-state index contributed by atoms with van der Waals surface area (Å²) < 4.78 is 62.6. The van der Waals surface area contributed by atoms with Gasteiger partial charge in [0.2, 0.25) is 0 Å². The predicted octanol–water partition coefficient (Wildman–Crippen LogP) is 2.39. The number of primary amides is 1. The second-order valence-corrected chi connectivity index (χ2v) is 6.72. The van der Waals surface area contributed by atoms with Crippen molar-refractivity contribution >= 4 is 28.6 Å². The van der Waals surface area contributed by atoms with E-state index in [4.69, 9.17) is 27.3 Å². The van der Waals surface area contributed by atoms with Crippen LogP contribution in [0.1, 0.15) is 21.5 Å². The van der Waals surface area contributed by atoms with E-state index in [2.05, 4.69) is 4.74 Å². The average Bonchev–Trinajstić information content (AvgIpc) is 2.50. The molecule has 0 radical (unpaired) electrons. The van der Waals surface area contributed by atoms with Gasteiger partial charge in [0.25, 0.3) is 5.91 Å². The van der Waals surface area contributed by atoms with Gasteiger partial charge < -0.3 is 19.6 Å². The van der Waals surface area contributed by atoms with Crippen LogP contribution in [0.2, 0.25) is 5.02 Å². The van der Waals surface area contributed by atoms with E-state index < -0.39 is 29.1 Å². The molecule has 12 heteroatoms. The van der Waals surface area contributed by atoms with Crippen LogP contribution in [0.3, 0.4) is 0 Å². The second-order valence-electron chi connectivity index (χ2n) is 5.36. The third-order valence-electron chi connectivity index (χ3n) is 3.40. The van der Waals surface area contributed by atoms with Gasteiger partial charge in [-0.15, -0.1) is 13.2 Å². The van der Waals surface area contributed by atoms with Crippen LogP contribution < -0.4 is 16.0 Å². The van der Waals surface area contributed by atoms with Gasteiger partial charge in [-0.05, 0) is 29.3 Å². The van der Waals surface area contributed by atoms with Crippen LogP contribution >= 0.6 is 11.6 Å². The minimum Gasteiger partial charge on any atom is -0.406 e. The molecule has 0 fully saturated rings. The number of halogens is 4. The molecule has 1 atom stereocenters. The van der Waals surface area contributed by atoms with E-state index in [1.165, 1.54) is 22.9 Å². The molecule has 7 nitrogen and oxygen atoms in total. The Morgan fingerprint density at radius 1 is 1.33 bits per heavy atom. The lowest BCUT2D eigenvalue weighted by Crippen LogP contribution is -2.30. The van der Waals surface area contributed by atoms with Crippen LogP contribution in [0.15, 0.2) is 30.5 Å². The van der Waals surface area contributed by atoms with Crippen molar-refractivity contribution in [2.75, 3.05) is 0 Å². The van der Waals surface area contributed by atoms with E-state index in [9.17, 15) is 22.2 Å². The number of hydrogen-bond acceptors (Lipinski definition) is 4. The molecule has 1 aromatic heterocycles. The fourth-order valence-corrected chi connectivity index (χ4v) is 3.10. The molecule has 1 heterocycles. The summed E-state index contributed by atoms with van der Waals surface area (Å²) in [4.78, 5) is 11.4. The van der Waals surface area contributed by atoms with Crippen molar-refractivity contribution in [1.82, 2.24) is 4.57 Å². The van der Waals surface area contributed by atoms with E-state index in [1.54, 1.807) is 0 Å². The number of amides is 1. The second kappa shape index (κ2) is 8.11. The SMILES string of the molecule is N=c1c(C(N)=O)cc(Cl)cn1Cc1cc(OC(F)(F)F)ccc1CS(=O)O. The molecule has 0 aliphatic rings. The number of carbonyl (C=O) groups excluding carboxylic acids is 1. The van der Waals surface area contributed by atoms with Crippen molar-refractivity contribution in [3.8, 4) is 5.75 Å². The highest BCUT2D eigenvalue weighted by molar-refractivity contribution is 7.78. The van der Waals surface area contributed by atoms with Gasteiger partial charge in [-0.1, -0.05) is 17.7 Å². The van der Waals surface area contributed by atoms with Crippen LogP contribution in [-0.2, 0) is 23.4 Å². The van der Waals surface area contributed by atoms with Gasteiger partial charge in [-0.2, -0.15) is 0 Å². The maximum Gasteiger partial charge on any atom is 0.573 e. The molecule has 1 amide bonds. The highest BCUT2D eigenvalue weighted by Gasteiger charge is 2.31. The van der Waals surface area contributed by atoms with Crippen LogP contribution in [0.4, 0.5) is 13.2 Å². The summed E-state index contributed by atoms with van der Waals surface area (Å²) in [7, 11) is 0. The third-order valence-corrected chi connectivity index (χ3v) is 4.16. The van der Waals surface area contributed by atoms with E-state index in [1.807, 2.05) is 0 Å². The highest BCUT2D eigenvalue weighted by Crippen LogP contribution is 2.26. The highest BCUT2D eigenvalue weighted by atomic mass is 35.5. The van der Waals surface area contributed by atoms with Crippen molar-refractivity contribution in [3.05, 3.63) is 57.7 Å². The van der Waals surface area contributed by atoms with E-state index in [-0.39, 0.29) is 39.5 Å². The summed E-state index contributed by atoms with van der Waals surface area (Å²) in [5.74, 6) is -1.78. The number of hydrogen-bond donors (Lipinski definition) is 3. The van der Waals surface area contributed by atoms with Gasteiger partial charge >= 0.3 is 6.36 Å². The monoisotopic (exact) mass is 423 g/mol. The van der Waals surface area contributed by atoms with Crippen molar-refractivity contribution in [3.63, 3.8) is 0 Å². The number of rotatable bonds is 6. The largest absolute Gasteiger partial charge is 0.573 e. The number of ether oxygens (including phenoxy) is 1. The number of carbonyl (C=O) groups is 1. The molecule has 0 aliphatic carbocycles. The summed E-state index contributed by atoms with van der Waals surface area (Å²) in [6.07, 6.45) is -3.63. The first kappa shape index (κ1) is 20.9. The minimum atomic E-state index is -4.92. The van der Waals surface area contributed by atoms with Gasteiger partial charge in [0, 0.05) is 12.7 Å². The molecule has 1 unspecified atom stereocenters. The normalized spacial score (nSPS) is 12.6. The number of alkyl halides is 3. The first-order valence-corrected chi connectivity index (χ1v) is 8.81. The van der Waals surface area contributed by atoms with Crippen molar-refractivity contribution in [2.45, 2.75) is 18.7 Å². The predicted molar refractivity (Wildman–Crippen MR) is 90.5 cm³/mol. The van der Waals surface area contributed by atoms with Crippen LogP contribution in [-0.4, -0.2) is 25.6 Å². The summed E-state index contributed by atoms with van der Waals surface area (Å²) in [6, 6.07) is 4.45. The van der Waals surface area contributed by atoms with Crippen molar-refractivity contribution < 1.29 is 31.5 Å². The summed E-state index contributed by atoms with van der Waals surface area (Å²) in [6.45, 7) is -0.207. The Labute approximate surface area is 158 Å². The van der Waals surface area contributed by atoms with Crippen LogP contribution in [0.25, 0.3) is 0 Å². The zero-order valence-corrected chi connectivity index (χ0v) is 15.0. The number of nitrogens with one attached hydrogen (secondary N) is 1. The molecule has 0 aliphatic heterocycles. The Balaban J connectivity index is 2.52.